The van der Waals surface area contributed by atoms with Crippen molar-refractivity contribution in [3.05, 3.63) is 29.3 Å². The van der Waals surface area contributed by atoms with Gasteiger partial charge in [-0.1, -0.05) is 0 Å². The van der Waals surface area contributed by atoms with Crippen LogP contribution in [0.2, 0.25) is 0 Å². The predicted molar refractivity (Wildman–Crippen MR) is 43.4 cm³/mol. The lowest BCUT2D eigenvalue weighted by atomic mass is 10.1. The van der Waals surface area contributed by atoms with Crippen molar-refractivity contribution in [2.24, 2.45) is 5.73 Å². The molecule has 0 amide bonds. The van der Waals surface area contributed by atoms with E-state index in [4.69, 9.17) is 10.5 Å². The first-order valence-corrected chi connectivity index (χ1v) is 4.01. The monoisotopic (exact) mass is 185 g/mol. The molecule has 2 nitrogen and oxygen atoms in total. The number of halogens is 2. The van der Waals surface area contributed by atoms with E-state index in [2.05, 4.69) is 0 Å². The second kappa shape index (κ2) is 2.67. The summed E-state index contributed by atoms with van der Waals surface area (Å²) >= 11 is 0. The molecule has 1 aromatic rings. The number of hydrogen-bond acceptors (Lipinski definition) is 2. The van der Waals surface area contributed by atoms with Crippen LogP contribution >= 0.6 is 0 Å². The summed E-state index contributed by atoms with van der Waals surface area (Å²) in [6.45, 7) is 1.72. The molecule has 1 aliphatic heterocycles. The normalized spacial score (nSPS) is 25.5. The Hall–Kier alpha value is -1.16. The standard InChI is InChI=1S/C9H9F2NO/c1-4-9(12)8-6(11)2-5(10)3-7(8)13-4/h2-4,9H,12H2,1H3. The van der Waals surface area contributed by atoms with Crippen LogP contribution in [0.5, 0.6) is 5.75 Å². The van der Waals surface area contributed by atoms with Gasteiger partial charge in [0, 0.05) is 12.1 Å². The van der Waals surface area contributed by atoms with Crippen LogP contribution in [0.3, 0.4) is 0 Å². The van der Waals surface area contributed by atoms with E-state index in [-0.39, 0.29) is 17.4 Å². The van der Waals surface area contributed by atoms with Crippen molar-refractivity contribution >= 4 is 0 Å². The maximum Gasteiger partial charge on any atom is 0.134 e. The average molecular weight is 185 g/mol. The van der Waals surface area contributed by atoms with Crippen molar-refractivity contribution in [2.45, 2.75) is 19.1 Å². The lowest BCUT2D eigenvalue weighted by Crippen LogP contribution is -2.22. The Morgan fingerprint density at radius 2 is 2.08 bits per heavy atom. The van der Waals surface area contributed by atoms with Gasteiger partial charge in [-0.3, -0.25) is 0 Å². The zero-order valence-corrected chi connectivity index (χ0v) is 7.05. The van der Waals surface area contributed by atoms with Gasteiger partial charge in [0.2, 0.25) is 0 Å². The quantitative estimate of drug-likeness (QED) is 0.668. The highest BCUT2D eigenvalue weighted by Crippen LogP contribution is 2.37. The van der Waals surface area contributed by atoms with Crippen LogP contribution in [-0.2, 0) is 0 Å². The van der Waals surface area contributed by atoms with Gasteiger partial charge in [-0.2, -0.15) is 0 Å². The van der Waals surface area contributed by atoms with Crippen LogP contribution in [0.15, 0.2) is 12.1 Å². The smallest absolute Gasteiger partial charge is 0.134 e. The third-order valence-corrected chi connectivity index (χ3v) is 2.21. The molecule has 2 N–H and O–H groups in total. The zero-order valence-electron chi connectivity index (χ0n) is 7.05. The molecule has 2 rings (SSSR count). The minimum absolute atomic E-state index is 0.220. The molecule has 0 fully saturated rings. The Morgan fingerprint density at radius 3 is 2.77 bits per heavy atom. The topological polar surface area (TPSA) is 35.2 Å². The Kier molecular flexibility index (Phi) is 1.73. The number of fused-ring (bicyclic) bond motifs is 1. The SMILES string of the molecule is CC1Oc2cc(F)cc(F)c2C1N. The fourth-order valence-corrected chi connectivity index (χ4v) is 1.49. The summed E-state index contributed by atoms with van der Waals surface area (Å²) in [6.07, 6.45) is -0.300. The van der Waals surface area contributed by atoms with Crippen molar-refractivity contribution in [3.8, 4) is 5.75 Å². The van der Waals surface area contributed by atoms with Crippen LogP contribution in [0.4, 0.5) is 8.78 Å². The Labute approximate surface area is 74.3 Å². The van der Waals surface area contributed by atoms with Crippen molar-refractivity contribution < 1.29 is 13.5 Å². The van der Waals surface area contributed by atoms with E-state index in [1.807, 2.05) is 0 Å². The maximum atomic E-state index is 13.2. The van der Waals surface area contributed by atoms with Gasteiger partial charge in [0.1, 0.15) is 23.5 Å². The zero-order chi connectivity index (χ0) is 9.59. The summed E-state index contributed by atoms with van der Waals surface area (Å²) in [5, 5.41) is 0. The molecule has 0 radical (unpaired) electrons. The minimum Gasteiger partial charge on any atom is -0.488 e. The summed E-state index contributed by atoms with van der Waals surface area (Å²) in [6, 6.07) is 1.47. The molecule has 1 aliphatic rings. The first kappa shape index (κ1) is 8.44. The van der Waals surface area contributed by atoms with Crippen LogP contribution < -0.4 is 10.5 Å². The molecule has 4 heteroatoms. The second-order valence-electron chi connectivity index (χ2n) is 3.15. The van der Waals surface area contributed by atoms with Crippen LogP contribution in [0.1, 0.15) is 18.5 Å². The van der Waals surface area contributed by atoms with E-state index >= 15 is 0 Å². The number of nitrogens with two attached hydrogens (primary N) is 1. The maximum absolute atomic E-state index is 13.2. The molecule has 1 heterocycles. The number of ether oxygens (including phenoxy) is 1. The van der Waals surface area contributed by atoms with Crippen LogP contribution in [0, 0.1) is 11.6 Å². The summed E-state index contributed by atoms with van der Waals surface area (Å²) < 4.78 is 31.1. The van der Waals surface area contributed by atoms with E-state index in [1.165, 1.54) is 0 Å². The molecule has 0 aromatic heterocycles. The Balaban J connectivity index is 2.57. The molecule has 0 aliphatic carbocycles. The van der Waals surface area contributed by atoms with Gasteiger partial charge in [0.05, 0.1) is 11.6 Å². The molecule has 2 atom stereocenters. The number of rotatable bonds is 0. The van der Waals surface area contributed by atoms with Crippen molar-refractivity contribution in [1.29, 1.82) is 0 Å². The second-order valence-corrected chi connectivity index (χ2v) is 3.15. The average Bonchev–Trinajstić information content (AvgIpc) is 2.27. The fourth-order valence-electron chi connectivity index (χ4n) is 1.49. The molecule has 0 bridgehead atoms. The molecule has 0 saturated heterocycles. The van der Waals surface area contributed by atoms with E-state index in [9.17, 15) is 8.78 Å². The Morgan fingerprint density at radius 1 is 1.38 bits per heavy atom. The first-order valence-electron chi connectivity index (χ1n) is 4.01. The van der Waals surface area contributed by atoms with E-state index < -0.39 is 17.7 Å². The van der Waals surface area contributed by atoms with Crippen molar-refractivity contribution in [2.75, 3.05) is 0 Å². The largest absolute Gasteiger partial charge is 0.488 e. The molecule has 70 valence electrons. The molecular formula is C9H9F2NO. The molecule has 0 spiro atoms. The van der Waals surface area contributed by atoms with E-state index in [0.29, 0.717) is 0 Å². The van der Waals surface area contributed by atoms with Gasteiger partial charge in [-0.25, -0.2) is 8.78 Å². The molecule has 2 unspecified atom stereocenters. The summed E-state index contributed by atoms with van der Waals surface area (Å²) in [4.78, 5) is 0. The van der Waals surface area contributed by atoms with E-state index in [0.717, 1.165) is 12.1 Å². The molecule has 0 saturated carbocycles. The van der Waals surface area contributed by atoms with E-state index in [1.54, 1.807) is 6.92 Å². The van der Waals surface area contributed by atoms with Gasteiger partial charge < -0.3 is 10.5 Å². The van der Waals surface area contributed by atoms with Gasteiger partial charge in [0.25, 0.3) is 0 Å². The summed E-state index contributed by atoms with van der Waals surface area (Å²) in [5.41, 5.74) is 5.93. The highest BCUT2D eigenvalue weighted by molar-refractivity contribution is 5.41. The summed E-state index contributed by atoms with van der Waals surface area (Å²) in [7, 11) is 0. The van der Waals surface area contributed by atoms with Gasteiger partial charge in [0.15, 0.2) is 0 Å². The lowest BCUT2D eigenvalue weighted by molar-refractivity contribution is 0.227. The lowest BCUT2D eigenvalue weighted by Gasteiger charge is -2.07. The van der Waals surface area contributed by atoms with Gasteiger partial charge in [-0.15, -0.1) is 0 Å². The summed E-state index contributed by atoms with van der Waals surface area (Å²) in [5.74, 6) is -1.05. The predicted octanol–water partition coefficient (Wildman–Crippen LogP) is 1.75. The highest BCUT2D eigenvalue weighted by atomic mass is 19.1. The third kappa shape index (κ3) is 1.18. The van der Waals surface area contributed by atoms with Crippen LogP contribution in [0.25, 0.3) is 0 Å². The fraction of sp³-hybridized carbons (Fsp3) is 0.333. The van der Waals surface area contributed by atoms with Crippen LogP contribution in [-0.4, -0.2) is 6.10 Å². The molecule has 13 heavy (non-hydrogen) atoms. The Bertz CT molecular complexity index is 354. The van der Waals surface area contributed by atoms with Gasteiger partial charge in [-0.05, 0) is 6.92 Å². The molecule has 1 aromatic carbocycles. The third-order valence-electron chi connectivity index (χ3n) is 2.21. The number of hydrogen-bond donors (Lipinski definition) is 1. The molecular weight excluding hydrogens is 176 g/mol. The number of benzene rings is 1. The van der Waals surface area contributed by atoms with Crippen molar-refractivity contribution in [3.63, 3.8) is 0 Å². The minimum atomic E-state index is -0.641. The van der Waals surface area contributed by atoms with Gasteiger partial charge >= 0.3 is 0 Å². The highest BCUT2D eigenvalue weighted by Gasteiger charge is 2.31. The van der Waals surface area contributed by atoms with Crippen molar-refractivity contribution in [1.82, 2.24) is 0 Å². The first-order chi connectivity index (χ1) is 6.09.